The second-order valence-corrected chi connectivity index (χ2v) is 8.33. The van der Waals surface area contributed by atoms with Gasteiger partial charge in [-0.1, -0.05) is 41.0 Å². The molecule has 0 bridgehead atoms. The van der Waals surface area contributed by atoms with Crippen LogP contribution in [0.4, 0.5) is 0 Å². The van der Waals surface area contributed by atoms with E-state index in [1.807, 2.05) is 12.1 Å². The summed E-state index contributed by atoms with van der Waals surface area (Å²) in [6.45, 7) is 10.6. The molecule has 0 spiro atoms. The highest BCUT2D eigenvalue weighted by Crippen LogP contribution is 2.52. The average Bonchev–Trinajstić information content (AvgIpc) is 2.52. The number of carbonyl (C=O) groups excluding carboxylic acids is 2. The normalized spacial score (nSPS) is 26.2. The summed E-state index contributed by atoms with van der Waals surface area (Å²) in [6, 6.07) is 3.94. The van der Waals surface area contributed by atoms with Gasteiger partial charge in [0, 0.05) is 16.9 Å². The predicted octanol–water partition coefficient (Wildman–Crippen LogP) is 4.91. The number of rotatable bonds is 5. The van der Waals surface area contributed by atoms with Gasteiger partial charge in [-0.3, -0.25) is 4.79 Å². The summed E-state index contributed by atoms with van der Waals surface area (Å²) in [7, 11) is 1.66. The first-order valence-corrected chi connectivity index (χ1v) is 8.84. The van der Waals surface area contributed by atoms with Crippen molar-refractivity contribution in [1.82, 2.24) is 0 Å². The Morgan fingerprint density at radius 1 is 1.17 bits per heavy atom. The number of hydrogen-bond donors (Lipinski definition) is 0. The van der Waals surface area contributed by atoms with Crippen LogP contribution in [0, 0.1) is 11.3 Å². The van der Waals surface area contributed by atoms with Crippen molar-refractivity contribution in [3.63, 3.8) is 0 Å². The SMILES string of the molecule is COc1cc([C@@]2(C)CCCC(C)(C)[C@@H]2C=O)c(C=O)cc1C(C)C. The minimum Gasteiger partial charge on any atom is -0.496 e. The Kier molecular flexibility index (Phi) is 5.22. The van der Waals surface area contributed by atoms with Gasteiger partial charge in [-0.15, -0.1) is 0 Å². The van der Waals surface area contributed by atoms with E-state index >= 15 is 0 Å². The lowest BCUT2D eigenvalue weighted by molar-refractivity contribution is -0.119. The van der Waals surface area contributed by atoms with Crippen LogP contribution in [-0.4, -0.2) is 19.7 Å². The molecule has 1 fully saturated rings. The molecule has 132 valence electrons. The Hall–Kier alpha value is -1.64. The Balaban J connectivity index is 2.69. The van der Waals surface area contributed by atoms with Gasteiger partial charge >= 0.3 is 0 Å². The van der Waals surface area contributed by atoms with Gasteiger partial charge < -0.3 is 9.53 Å². The summed E-state index contributed by atoms with van der Waals surface area (Å²) in [5.41, 5.74) is 2.25. The lowest BCUT2D eigenvalue weighted by Crippen LogP contribution is -2.46. The molecule has 0 heterocycles. The standard InChI is InChI=1S/C21H30O3/c1-14(2)16-10-15(12-22)17(11-18(16)24-6)21(5)9-7-8-20(3,4)19(21)13-23/h10-14,19H,7-9H2,1-6H3/t19-,21+/m0/s1. The maximum Gasteiger partial charge on any atom is 0.150 e. The first kappa shape index (κ1) is 18.7. The van der Waals surface area contributed by atoms with E-state index in [0.717, 1.165) is 48.7 Å². The third-order valence-corrected chi connectivity index (χ3v) is 5.95. The molecule has 1 aliphatic rings. The number of carbonyl (C=O) groups is 2. The minimum absolute atomic E-state index is 0.0706. The molecule has 0 N–H and O–H groups in total. The van der Waals surface area contributed by atoms with Crippen LogP contribution in [0.3, 0.4) is 0 Å². The quantitative estimate of drug-likeness (QED) is 0.720. The zero-order valence-corrected chi connectivity index (χ0v) is 15.8. The van der Waals surface area contributed by atoms with Gasteiger partial charge in [0.25, 0.3) is 0 Å². The van der Waals surface area contributed by atoms with Crippen molar-refractivity contribution in [2.75, 3.05) is 7.11 Å². The van der Waals surface area contributed by atoms with Crippen molar-refractivity contribution in [2.45, 2.75) is 65.2 Å². The van der Waals surface area contributed by atoms with Crippen LogP contribution >= 0.6 is 0 Å². The Morgan fingerprint density at radius 2 is 1.83 bits per heavy atom. The second kappa shape index (κ2) is 6.70. The maximum atomic E-state index is 12.0. The number of aldehydes is 2. The lowest BCUT2D eigenvalue weighted by atomic mass is 9.54. The smallest absolute Gasteiger partial charge is 0.150 e. The van der Waals surface area contributed by atoms with E-state index in [1.54, 1.807) is 7.11 Å². The summed E-state index contributed by atoms with van der Waals surface area (Å²) in [5.74, 6) is 0.956. The van der Waals surface area contributed by atoms with E-state index in [4.69, 9.17) is 4.74 Å². The lowest BCUT2D eigenvalue weighted by Gasteiger charge is -2.49. The molecule has 3 nitrogen and oxygen atoms in total. The fourth-order valence-electron chi connectivity index (χ4n) is 4.56. The number of methoxy groups -OCH3 is 1. The van der Waals surface area contributed by atoms with Gasteiger partial charge in [-0.2, -0.15) is 0 Å². The molecular weight excluding hydrogens is 300 g/mol. The molecule has 1 aliphatic carbocycles. The first-order valence-electron chi connectivity index (χ1n) is 8.84. The van der Waals surface area contributed by atoms with Gasteiger partial charge in [0.15, 0.2) is 0 Å². The summed E-state index contributed by atoms with van der Waals surface area (Å²) in [5, 5.41) is 0. The third kappa shape index (κ3) is 3.01. The van der Waals surface area contributed by atoms with Crippen LogP contribution in [0.1, 0.15) is 81.3 Å². The van der Waals surface area contributed by atoms with E-state index in [-0.39, 0.29) is 22.7 Å². The summed E-state index contributed by atoms with van der Waals surface area (Å²) in [4.78, 5) is 23.8. The molecule has 0 aliphatic heterocycles. The van der Waals surface area contributed by atoms with E-state index < -0.39 is 0 Å². The molecule has 2 atom stereocenters. The zero-order chi connectivity index (χ0) is 18.1. The minimum atomic E-state index is -0.345. The predicted molar refractivity (Wildman–Crippen MR) is 97.0 cm³/mol. The van der Waals surface area contributed by atoms with Crippen molar-refractivity contribution >= 4 is 12.6 Å². The largest absolute Gasteiger partial charge is 0.496 e. The van der Waals surface area contributed by atoms with Gasteiger partial charge in [-0.05, 0) is 47.4 Å². The van der Waals surface area contributed by atoms with Gasteiger partial charge in [-0.25, -0.2) is 0 Å². The molecule has 2 rings (SSSR count). The molecule has 0 aromatic heterocycles. The van der Waals surface area contributed by atoms with Crippen molar-refractivity contribution < 1.29 is 14.3 Å². The van der Waals surface area contributed by atoms with Crippen LogP contribution < -0.4 is 4.74 Å². The third-order valence-electron chi connectivity index (χ3n) is 5.95. The maximum absolute atomic E-state index is 12.0. The van der Waals surface area contributed by atoms with Crippen LogP contribution in [0.2, 0.25) is 0 Å². The van der Waals surface area contributed by atoms with Crippen LogP contribution in [0.5, 0.6) is 5.75 Å². The highest BCUT2D eigenvalue weighted by atomic mass is 16.5. The van der Waals surface area contributed by atoms with Crippen LogP contribution in [0.25, 0.3) is 0 Å². The van der Waals surface area contributed by atoms with Crippen molar-refractivity contribution in [3.05, 3.63) is 28.8 Å². The molecule has 0 amide bonds. The molecule has 0 unspecified atom stereocenters. The number of ether oxygens (including phenoxy) is 1. The summed E-state index contributed by atoms with van der Waals surface area (Å²) < 4.78 is 5.60. The van der Waals surface area contributed by atoms with Gasteiger partial charge in [0.2, 0.25) is 0 Å². The monoisotopic (exact) mass is 330 g/mol. The Morgan fingerprint density at radius 3 is 2.33 bits per heavy atom. The molecule has 24 heavy (non-hydrogen) atoms. The highest BCUT2D eigenvalue weighted by Gasteiger charge is 2.48. The molecule has 1 aromatic rings. The van der Waals surface area contributed by atoms with Gasteiger partial charge in [0.05, 0.1) is 7.11 Å². The summed E-state index contributed by atoms with van der Waals surface area (Å²) in [6.07, 6.45) is 5.01. The average molecular weight is 330 g/mol. The molecule has 3 heteroatoms. The fourth-order valence-corrected chi connectivity index (χ4v) is 4.56. The van der Waals surface area contributed by atoms with E-state index in [1.165, 1.54) is 0 Å². The van der Waals surface area contributed by atoms with E-state index in [0.29, 0.717) is 5.56 Å². The van der Waals surface area contributed by atoms with Crippen molar-refractivity contribution in [2.24, 2.45) is 11.3 Å². The van der Waals surface area contributed by atoms with Gasteiger partial charge in [0.1, 0.15) is 18.3 Å². The second-order valence-electron chi connectivity index (χ2n) is 8.33. The number of benzene rings is 1. The molecular formula is C21H30O3. The molecule has 1 saturated carbocycles. The van der Waals surface area contributed by atoms with E-state index in [2.05, 4.69) is 34.6 Å². The first-order chi connectivity index (χ1) is 11.2. The van der Waals surface area contributed by atoms with Crippen molar-refractivity contribution in [3.8, 4) is 5.75 Å². The molecule has 0 radical (unpaired) electrons. The Bertz CT molecular complexity index is 630. The Labute approximate surface area is 145 Å². The van der Waals surface area contributed by atoms with E-state index in [9.17, 15) is 9.59 Å². The van der Waals surface area contributed by atoms with Crippen molar-refractivity contribution in [1.29, 1.82) is 0 Å². The fraction of sp³-hybridized carbons (Fsp3) is 0.619. The van der Waals surface area contributed by atoms with Crippen LogP contribution in [-0.2, 0) is 10.2 Å². The zero-order valence-electron chi connectivity index (χ0n) is 15.8. The number of hydrogen-bond acceptors (Lipinski definition) is 3. The summed E-state index contributed by atoms with van der Waals surface area (Å²) >= 11 is 0. The molecule has 0 saturated heterocycles. The topological polar surface area (TPSA) is 43.4 Å². The molecule has 1 aromatic carbocycles. The van der Waals surface area contributed by atoms with Crippen LogP contribution in [0.15, 0.2) is 12.1 Å². The highest BCUT2D eigenvalue weighted by molar-refractivity contribution is 5.80.